The van der Waals surface area contributed by atoms with Crippen molar-refractivity contribution in [1.82, 2.24) is 4.90 Å². The van der Waals surface area contributed by atoms with Gasteiger partial charge in [-0.3, -0.25) is 4.79 Å². The first kappa shape index (κ1) is 13.2. The summed E-state index contributed by atoms with van der Waals surface area (Å²) in [6.45, 7) is 7.21. The minimum absolute atomic E-state index is 0.120. The molecule has 2 rings (SSSR count). The van der Waals surface area contributed by atoms with E-state index in [-0.39, 0.29) is 10.7 Å². The molecule has 0 aromatic rings. The molecule has 2 aliphatic rings. The molecule has 2 fully saturated rings. The fraction of sp³-hybridized carbons (Fsp3) is 0.917. The van der Waals surface area contributed by atoms with E-state index in [2.05, 4.69) is 13.8 Å². The molecule has 0 aromatic heterocycles. The molecule has 17 heavy (non-hydrogen) atoms. The van der Waals surface area contributed by atoms with E-state index in [4.69, 9.17) is 10.5 Å². The number of thioether (sulfide) groups is 1. The second kappa shape index (κ2) is 4.78. The van der Waals surface area contributed by atoms with Gasteiger partial charge in [0.25, 0.3) is 0 Å². The van der Waals surface area contributed by atoms with Crippen LogP contribution in [-0.2, 0) is 9.53 Å². The molecule has 5 heteroatoms. The Morgan fingerprint density at radius 2 is 2.00 bits per heavy atom. The lowest BCUT2D eigenvalue weighted by Crippen LogP contribution is -2.61. The SMILES string of the molecule is CC1(C)CN(C(=O)C2(N)CCOCC2)CCS1. The Hall–Kier alpha value is -0.260. The molecule has 0 atom stereocenters. The zero-order chi connectivity index (χ0) is 12.5. The number of amides is 1. The summed E-state index contributed by atoms with van der Waals surface area (Å²) in [4.78, 5) is 14.4. The van der Waals surface area contributed by atoms with Crippen LogP contribution in [0, 0.1) is 0 Å². The Bertz CT molecular complexity index is 301. The predicted octanol–water partition coefficient (Wildman–Crippen LogP) is 0.848. The van der Waals surface area contributed by atoms with Crippen LogP contribution in [0.3, 0.4) is 0 Å². The molecule has 98 valence electrons. The normalized spacial score (nSPS) is 27.8. The van der Waals surface area contributed by atoms with Crippen LogP contribution >= 0.6 is 11.8 Å². The monoisotopic (exact) mass is 258 g/mol. The zero-order valence-corrected chi connectivity index (χ0v) is 11.5. The van der Waals surface area contributed by atoms with Gasteiger partial charge in [-0.1, -0.05) is 0 Å². The molecule has 2 N–H and O–H groups in total. The lowest BCUT2D eigenvalue weighted by atomic mass is 9.89. The van der Waals surface area contributed by atoms with E-state index in [9.17, 15) is 4.79 Å². The van der Waals surface area contributed by atoms with Gasteiger partial charge in [-0.25, -0.2) is 0 Å². The zero-order valence-electron chi connectivity index (χ0n) is 10.7. The Balaban J connectivity index is 2.03. The lowest BCUT2D eigenvalue weighted by Gasteiger charge is -2.42. The van der Waals surface area contributed by atoms with E-state index in [1.807, 2.05) is 16.7 Å². The van der Waals surface area contributed by atoms with E-state index < -0.39 is 5.54 Å². The van der Waals surface area contributed by atoms with Gasteiger partial charge in [-0.15, -0.1) is 0 Å². The molecule has 0 bridgehead atoms. The second-order valence-electron chi connectivity index (χ2n) is 5.60. The van der Waals surface area contributed by atoms with Crippen LogP contribution in [0.15, 0.2) is 0 Å². The van der Waals surface area contributed by atoms with Crippen LogP contribution in [-0.4, -0.2) is 53.1 Å². The van der Waals surface area contributed by atoms with E-state index in [1.54, 1.807) is 0 Å². The molecule has 0 radical (unpaired) electrons. The number of ether oxygens (including phenoxy) is 1. The number of rotatable bonds is 1. The van der Waals surface area contributed by atoms with Crippen molar-refractivity contribution in [3.63, 3.8) is 0 Å². The van der Waals surface area contributed by atoms with Crippen molar-refractivity contribution in [3.05, 3.63) is 0 Å². The highest BCUT2D eigenvalue weighted by Gasteiger charge is 2.41. The maximum Gasteiger partial charge on any atom is 0.242 e. The molecular weight excluding hydrogens is 236 g/mol. The summed E-state index contributed by atoms with van der Waals surface area (Å²) in [6, 6.07) is 0. The predicted molar refractivity (Wildman–Crippen MR) is 70.1 cm³/mol. The Morgan fingerprint density at radius 3 is 2.59 bits per heavy atom. The first-order valence-corrected chi connectivity index (χ1v) is 7.22. The number of nitrogens with zero attached hydrogens (tertiary/aromatic N) is 1. The van der Waals surface area contributed by atoms with E-state index in [1.165, 1.54) is 0 Å². The van der Waals surface area contributed by atoms with Crippen molar-refractivity contribution in [2.45, 2.75) is 37.0 Å². The molecule has 0 aliphatic carbocycles. The molecule has 0 unspecified atom stereocenters. The van der Waals surface area contributed by atoms with Gasteiger partial charge in [0.15, 0.2) is 0 Å². The largest absolute Gasteiger partial charge is 0.381 e. The first-order valence-electron chi connectivity index (χ1n) is 6.23. The van der Waals surface area contributed by atoms with Crippen molar-refractivity contribution in [3.8, 4) is 0 Å². The Morgan fingerprint density at radius 1 is 1.35 bits per heavy atom. The van der Waals surface area contributed by atoms with Crippen molar-refractivity contribution in [2.75, 3.05) is 32.1 Å². The highest BCUT2D eigenvalue weighted by molar-refractivity contribution is 8.00. The molecule has 2 heterocycles. The van der Waals surface area contributed by atoms with Crippen LogP contribution < -0.4 is 5.73 Å². The van der Waals surface area contributed by atoms with Gasteiger partial charge in [-0.05, 0) is 26.7 Å². The number of carbonyl (C=O) groups excluding carboxylic acids is 1. The second-order valence-corrected chi connectivity index (χ2v) is 7.41. The molecule has 0 saturated carbocycles. The Kier molecular flexibility index (Phi) is 3.71. The number of hydrogen-bond acceptors (Lipinski definition) is 4. The standard InChI is InChI=1S/C12H22N2O2S/c1-11(2)9-14(5-8-17-11)10(15)12(13)3-6-16-7-4-12/h3-9,13H2,1-2H3. The van der Waals surface area contributed by atoms with E-state index in [0.29, 0.717) is 26.1 Å². The molecule has 2 aliphatic heterocycles. The molecule has 2 saturated heterocycles. The van der Waals surface area contributed by atoms with Crippen LogP contribution in [0.5, 0.6) is 0 Å². The van der Waals surface area contributed by atoms with Crippen LogP contribution in [0.2, 0.25) is 0 Å². The molecule has 0 aromatic carbocycles. The van der Waals surface area contributed by atoms with Crippen LogP contribution in [0.1, 0.15) is 26.7 Å². The number of hydrogen-bond donors (Lipinski definition) is 1. The van der Waals surface area contributed by atoms with Crippen LogP contribution in [0.4, 0.5) is 0 Å². The molecule has 4 nitrogen and oxygen atoms in total. The van der Waals surface area contributed by atoms with Crippen molar-refractivity contribution < 1.29 is 9.53 Å². The highest BCUT2D eigenvalue weighted by Crippen LogP contribution is 2.31. The quantitative estimate of drug-likeness (QED) is 0.757. The summed E-state index contributed by atoms with van der Waals surface area (Å²) in [7, 11) is 0. The maximum absolute atomic E-state index is 12.5. The van der Waals surface area contributed by atoms with Crippen molar-refractivity contribution >= 4 is 17.7 Å². The summed E-state index contributed by atoms with van der Waals surface area (Å²) < 4.78 is 5.44. The molecule has 0 spiro atoms. The topological polar surface area (TPSA) is 55.6 Å². The maximum atomic E-state index is 12.5. The Labute approximate surface area is 107 Å². The van der Waals surface area contributed by atoms with Gasteiger partial charge in [0.1, 0.15) is 0 Å². The van der Waals surface area contributed by atoms with Gasteiger partial charge >= 0.3 is 0 Å². The average Bonchev–Trinajstić information content (AvgIpc) is 2.27. The summed E-state index contributed by atoms with van der Waals surface area (Å²) >= 11 is 1.93. The molecule has 1 amide bonds. The van der Waals surface area contributed by atoms with Gasteiger partial charge in [-0.2, -0.15) is 11.8 Å². The fourth-order valence-corrected chi connectivity index (χ4v) is 3.57. The van der Waals surface area contributed by atoms with Crippen LogP contribution in [0.25, 0.3) is 0 Å². The van der Waals surface area contributed by atoms with Gasteiger partial charge in [0.05, 0.1) is 5.54 Å². The summed E-state index contributed by atoms with van der Waals surface area (Å²) in [6.07, 6.45) is 1.30. The minimum atomic E-state index is -0.684. The van der Waals surface area contributed by atoms with Gasteiger partial charge < -0.3 is 15.4 Å². The molecular formula is C12H22N2O2S. The van der Waals surface area contributed by atoms with E-state index in [0.717, 1.165) is 18.8 Å². The smallest absolute Gasteiger partial charge is 0.242 e. The fourth-order valence-electron chi connectivity index (χ4n) is 2.45. The minimum Gasteiger partial charge on any atom is -0.381 e. The highest BCUT2D eigenvalue weighted by atomic mass is 32.2. The third-order valence-corrected chi connectivity index (χ3v) is 4.82. The van der Waals surface area contributed by atoms with E-state index >= 15 is 0 Å². The van der Waals surface area contributed by atoms with Gasteiger partial charge in [0.2, 0.25) is 5.91 Å². The average molecular weight is 258 g/mol. The third kappa shape index (κ3) is 2.95. The number of carbonyl (C=O) groups is 1. The first-order chi connectivity index (χ1) is 7.93. The van der Waals surface area contributed by atoms with Crippen molar-refractivity contribution in [1.29, 1.82) is 0 Å². The number of nitrogens with two attached hydrogens (primary N) is 1. The summed E-state index contributed by atoms with van der Waals surface area (Å²) in [5.74, 6) is 1.12. The summed E-state index contributed by atoms with van der Waals surface area (Å²) in [5.41, 5.74) is 5.56. The lowest BCUT2D eigenvalue weighted by molar-refractivity contribution is -0.140. The van der Waals surface area contributed by atoms with Gasteiger partial charge in [0, 0.05) is 36.8 Å². The summed E-state index contributed by atoms with van der Waals surface area (Å²) in [5, 5.41) is 0. The van der Waals surface area contributed by atoms with Crippen molar-refractivity contribution in [2.24, 2.45) is 5.73 Å². The third-order valence-electron chi connectivity index (χ3n) is 3.52.